The number of ether oxygens (including phenoxy) is 1. The van der Waals surface area contributed by atoms with Crippen LogP contribution in [0.1, 0.15) is 53.3 Å². The molecule has 1 aromatic heterocycles. The summed E-state index contributed by atoms with van der Waals surface area (Å²) < 4.78 is 10.9. The number of furan rings is 1. The van der Waals surface area contributed by atoms with Gasteiger partial charge < -0.3 is 19.6 Å². The molecule has 1 unspecified atom stereocenters. The quantitative estimate of drug-likeness (QED) is 0.422. The number of hydrogen-bond acceptors (Lipinski definition) is 5. The van der Waals surface area contributed by atoms with Gasteiger partial charge in [0.1, 0.15) is 6.61 Å². The molecule has 180 valence electrons. The minimum Gasteiger partial charge on any atom is -0.481 e. The van der Waals surface area contributed by atoms with Crippen molar-refractivity contribution >= 4 is 23.7 Å². The molecule has 1 saturated carbocycles. The molecule has 35 heavy (non-hydrogen) atoms. The molecular formula is C27H26N2O6. The Morgan fingerprint density at radius 2 is 1.66 bits per heavy atom. The van der Waals surface area contributed by atoms with Crippen LogP contribution in [0.3, 0.4) is 0 Å². The van der Waals surface area contributed by atoms with Gasteiger partial charge in [-0.3, -0.25) is 14.9 Å². The van der Waals surface area contributed by atoms with Crippen molar-refractivity contribution in [3.63, 3.8) is 0 Å². The fourth-order valence-electron chi connectivity index (χ4n) is 4.93. The standard InChI is InChI=1S/C27H26N2O6/c30-24(31)14-23(16-6-5-7-16)28-26(32)25-22(12-13-34-25)29-27(33)35-15-21-19-10-3-1-8-17(19)18-9-2-4-11-20(18)21/h1-4,8-13,16,21,23H,5-7,14-15H2,(H,28,32)(H,29,33)(H,30,31). The molecule has 1 atom stereocenters. The molecule has 0 saturated heterocycles. The molecule has 5 rings (SSSR count). The number of benzene rings is 2. The van der Waals surface area contributed by atoms with Crippen LogP contribution in [0.4, 0.5) is 10.5 Å². The van der Waals surface area contributed by atoms with Crippen LogP contribution in [-0.4, -0.2) is 35.7 Å². The lowest BCUT2D eigenvalue weighted by atomic mass is 9.78. The van der Waals surface area contributed by atoms with E-state index in [-0.39, 0.29) is 36.3 Å². The zero-order valence-electron chi connectivity index (χ0n) is 19.0. The van der Waals surface area contributed by atoms with Crippen molar-refractivity contribution < 1.29 is 28.6 Å². The number of aliphatic carboxylic acids is 1. The highest BCUT2D eigenvalue weighted by Crippen LogP contribution is 2.44. The zero-order chi connectivity index (χ0) is 24.4. The second-order valence-electron chi connectivity index (χ2n) is 8.98. The summed E-state index contributed by atoms with van der Waals surface area (Å²) in [5.41, 5.74) is 4.64. The number of amides is 2. The fourth-order valence-corrected chi connectivity index (χ4v) is 4.93. The number of hydrogen-bond donors (Lipinski definition) is 3. The van der Waals surface area contributed by atoms with Crippen molar-refractivity contribution in [3.05, 3.63) is 77.7 Å². The molecule has 2 aliphatic carbocycles. The van der Waals surface area contributed by atoms with Crippen molar-refractivity contribution in [3.8, 4) is 11.1 Å². The maximum atomic E-state index is 12.8. The van der Waals surface area contributed by atoms with E-state index in [1.54, 1.807) is 0 Å². The summed E-state index contributed by atoms with van der Waals surface area (Å²) in [6.07, 6.45) is 3.20. The summed E-state index contributed by atoms with van der Waals surface area (Å²) >= 11 is 0. The second kappa shape index (κ2) is 9.66. The first-order valence-corrected chi connectivity index (χ1v) is 11.7. The highest BCUT2D eigenvalue weighted by molar-refractivity contribution is 6.00. The molecule has 2 aromatic carbocycles. The first-order valence-electron chi connectivity index (χ1n) is 11.7. The van der Waals surface area contributed by atoms with Gasteiger partial charge in [-0.1, -0.05) is 55.0 Å². The van der Waals surface area contributed by atoms with E-state index in [4.69, 9.17) is 9.15 Å². The molecule has 0 radical (unpaired) electrons. The molecule has 2 amide bonds. The van der Waals surface area contributed by atoms with Crippen molar-refractivity contribution in [2.24, 2.45) is 5.92 Å². The first kappa shape index (κ1) is 22.7. The van der Waals surface area contributed by atoms with Crippen molar-refractivity contribution in [1.29, 1.82) is 0 Å². The Labute approximate surface area is 202 Å². The smallest absolute Gasteiger partial charge is 0.411 e. The van der Waals surface area contributed by atoms with E-state index >= 15 is 0 Å². The minimum atomic E-state index is -0.973. The third-order valence-corrected chi connectivity index (χ3v) is 6.88. The van der Waals surface area contributed by atoms with E-state index in [0.29, 0.717) is 0 Å². The predicted octanol–water partition coefficient (Wildman–Crippen LogP) is 5.01. The Hall–Kier alpha value is -4.07. The van der Waals surface area contributed by atoms with Gasteiger partial charge in [0.25, 0.3) is 5.91 Å². The first-order chi connectivity index (χ1) is 17.0. The molecule has 3 aromatic rings. The highest BCUT2D eigenvalue weighted by atomic mass is 16.5. The molecule has 8 heteroatoms. The molecule has 1 fully saturated rings. The zero-order valence-corrected chi connectivity index (χ0v) is 19.0. The van der Waals surface area contributed by atoms with Crippen LogP contribution in [0.2, 0.25) is 0 Å². The lowest BCUT2D eigenvalue weighted by Gasteiger charge is -2.33. The van der Waals surface area contributed by atoms with Gasteiger partial charge in [0.15, 0.2) is 0 Å². The summed E-state index contributed by atoms with van der Waals surface area (Å²) in [5, 5.41) is 14.5. The Morgan fingerprint density at radius 1 is 1.00 bits per heavy atom. The molecule has 0 spiro atoms. The van der Waals surface area contributed by atoms with Gasteiger partial charge in [-0.2, -0.15) is 0 Å². The summed E-state index contributed by atoms with van der Waals surface area (Å²) in [5.74, 6) is -1.59. The van der Waals surface area contributed by atoms with Crippen molar-refractivity contribution in [1.82, 2.24) is 5.32 Å². The molecule has 8 nitrogen and oxygen atoms in total. The third-order valence-electron chi connectivity index (χ3n) is 6.88. The van der Waals surface area contributed by atoms with Gasteiger partial charge in [0.2, 0.25) is 5.76 Å². The Bertz CT molecular complexity index is 1220. The van der Waals surface area contributed by atoms with E-state index in [0.717, 1.165) is 41.5 Å². The van der Waals surface area contributed by atoms with Crippen LogP contribution < -0.4 is 10.6 Å². The van der Waals surface area contributed by atoms with Gasteiger partial charge in [-0.05, 0) is 41.0 Å². The average molecular weight is 475 g/mol. The van der Waals surface area contributed by atoms with Crippen LogP contribution in [-0.2, 0) is 9.53 Å². The fraction of sp³-hybridized carbons (Fsp3) is 0.296. The van der Waals surface area contributed by atoms with E-state index < -0.39 is 24.0 Å². The molecule has 0 bridgehead atoms. The molecule has 1 heterocycles. The van der Waals surface area contributed by atoms with Crippen molar-refractivity contribution in [2.45, 2.75) is 37.6 Å². The average Bonchev–Trinajstić information content (AvgIpc) is 3.38. The lowest BCUT2D eigenvalue weighted by molar-refractivity contribution is -0.138. The van der Waals surface area contributed by atoms with Gasteiger partial charge >= 0.3 is 12.1 Å². The van der Waals surface area contributed by atoms with E-state index in [9.17, 15) is 19.5 Å². The van der Waals surface area contributed by atoms with Gasteiger partial charge in [-0.25, -0.2) is 4.79 Å². The number of fused-ring (bicyclic) bond motifs is 3. The van der Waals surface area contributed by atoms with E-state index in [2.05, 4.69) is 22.8 Å². The van der Waals surface area contributed by atoms with E-state index in [1.165, 1.54) is 12.3 Å². The van der Waals surface area contributed by atoms with Crippen molar-refractivity contribution in [2.75, 3.05) is 11.9 Å². The number of anilines is 1. The SMILES string of the molecule is O=C(O)CC(NC(=O)c1occc1NC(=O)OCC1c2ccccc2-c2ccccc21)C1CCC1. The normalized spacial score (nSPS) is 15.4. The maximum absolute atomic E-state index is 12.8. The van der Waals surface area contributed by atoms with Gasteiger partial charge in [-0.15, -0.1) is 0 Å². The number of carbonyl (C=O) groups is 3. The minimum absolute atomic E-state index is 0.0838. The monoisotopic (exact) mass is 474 g/mol. The molecular weight excluding hydrogens is 448 g/mol. The largest absolute Gasteiger partial charge is 0.481 e. The highest BCUT2D eigenvalue weighted by Gasteiger charge is 2.32. The number of nitrogens with one attached hydrogen (secondary N) is 2. The van der Waals surface area contributed by atoms with Crippen LogP contribution >= 0.6 is 0 Å². The third kappa shape index (κ3) is 4.64. The molecule has 0 aliphatic heterocycles. The van der Waals surface area contributed by atoms with Gasteiger partial charge in [0, 0.05) is 18.0 Å². The number of carbonyl (C=O) groups excluding carboxylic acids is 2. The summed E-state index contributed by atoms with van der Waals surface area (Å²) in [4.78, 5) is 36.6. The number of rotatable bonds is 8. The number of carboxylic acid groups (broad SMARTS) is 1. The molecule has 2 aliphatic rings. The number of carboxylic acids is 1. The summed E-state index contributed by atoms with van der Waals surface area (Å²) in [6, 6.07) is 17.1. The van der Waals surface area contributed by atoms with Crippen LogP contribution in [0.5, 0.6) is 0 Å². The van der Waals surface area contributed by atoms with Crippen LogP contribution in [0, 0.1) is 5.92 Å². The maximum Gasteiger partial charge on any atom is 0.411 e. The Morgan fingerprint density at radius 3 is 2.26 bits per heavy atom. The van der Waals surface area contributed by atoms with Crippen LogP contribution in [0.25, 0.3) is 11.1 Å². The van der Waals surface area contributed by atoms with Gasteiger partial charge in [0.05, 0.1) is 18.4 Å². The summed E-state index contributed by atoms with van der Waals surface area (Å²) in [7, 11) is 0. The second-order valence-corrected chi connectivity index (χ2v) is 8.98. The lowest BCUT2D eigenvalue weighted by Crippen LogP contribution is -2.44. The predicted molar refractivity (Wildman–Crippen MR) is 128 cm³/mol. The topological polar surface area (TPSA) is 118 Å². The molecule has 3 N–H and O–H groups in total. The summed E-state index contributed by atoms with van der Waals surface area (Å²) in [6.45, 7) is 0.140. The van der Waals surface area contributed by atoms with Crippen LogP contribution in [0.15, 0.2) is 65.3 Å². The van der Waals surface area contributed by atoms with E-state index in [1.807, 2.05) is 36.4 Å². The Balaban J connectivity index is 1.23. The Kier molecular flexibility index (Phi) is 6.27.